The predicted octanol–water partition coefficient (Wildman–Crippen LogP) is 2.66. The summed E-state index contributed by atoms with van der Waals surface area (Å²) in [6.45, 7) is 0. The maximum absolute atomic E-state index is 12.0. The first-order valence-corrected chi connectivity index (χ1v) is 6.96. The number of nitrogens with zero attached hydrogens (tertiary/aromatic N) is 1. The molecule has 1 heterocycles. The van der Waals surface area contributed by atoms with Crippen molar-refractivity contribution in [2.75, 3.05) is 6.26 Å². The number of aromatic nitrogens is 2. The van der Waals surface area contributed by atoms with Crippen molar-refractivity contribution < 1.29 is 5.11 Å². The molecule has 0 radical (unpaired) electrons. The average molecular weight is 283 g/mol. The van der Waals surface area contributed by atoms with Gasteiger partial charge in [0.05, 0.1) is 5.75 Å². The number of benzene rings is 1. The van der Waals surface area contributed by atoms with Crippen LogP contribution in [0.2, 0.25) is 5.02 Å². The maximum atomic E-state index is 12.0. The van der Waals surface area contributed by atoms with Gasteiger partial charge < -0.3 is 10.1 Å². The Labute approximate surface area is 113 Å². The Hall–Kier alpha value is -1.46. The molecule has 0 fully saturated rings. The van der Waals surface area contributed by atoms with Crippen LogP contribution in [0.25, 0.3) is 11.1 Å². The Morgan fingerprint density at radius 1 is 1.44 bits per heavy atom. The molecule has 0 bridgehead atoms. The van der Waals surface area contributed by atoms with E-state index in [2.05, 4.69) is 9.97 Å². The third-order valence-corrected chi connectivity index (χ3v) is 3.27. The molecule has 2 N–H and O–H groups in total. The summed E-state index contributed by atoms with van der Waals surface area (Å²) < 4.78 is 0. The van der Waals surface area contributed by atoms with E-state index in [4.69, 9.17) is 11.6 Å². The van der Waals surface area contributed by atoms with Gasteiger partial charge in [-0.1, -0.05) is 29.8 Å². The summed E-state index contributed by atoms with van der Waals surface area (Å²) in [5.74, 6) is 0.683. The summed E-state index contributed by atoms with van der Waals surface area (Å²) >= 11 is 7.52. The van der Waals surface area contributed by atoms with E-state index in [0.29, 0.717) is 22.2 Å². The molecule has 2 aromatic rings. The molecule has 0 saturated heterocycles. The molecule has 18 heavy (non-hydrogen) atoms. The van der Waals surface area contributed by atoms with Gasteiger partial charge >= 0.3 is 0 Å². The monoisotopic (exact) mass is 282 g/mol. The molecular weight excluding hydrogens is 272 g/mol. The molecule has 6 heteroatoms. The van der Waals surface area contributed by atoms with Gasteiger partial charge in [0.1, 0.15) is 11.4 Å². The van der Waals surface area contributed by atoms with E-state index in [-0.39, 0.29) is 17.0 Å². The highest BCUT2D eigenvalue weighted by Crippen LogP contribution is 2.29. The molecule has 0 unspecified atom stereocenters. The van der Waals surface area contributed by atoms with Gasteiger partial charge in [0.15, 0.2) is 0 Å². The third kappa shape index (κ3) is 2.52. The van der Waals surface area contributed by atoms with E-state index in [1.165, 1.54) is 11.8 Å². The minimum Gasteiger partial charge on any atom is -0.493 e. The minimum absolute atomic E-state index is 0.102. The van der Waals surface area contributed by atoms with Crippen molar-refractivity contribution in [3.05, 3.63) is 45.5 Å². The minimum atomic E-state index is -0.389. The molecule has 0 amide bonds. The zero-order valence-corrected chi connectivity index (χ0v) is 11.2. The number of thioether (sulfide) groups is 1. The number of hydrogen-bond acceptors (Lipinski definition) is 4. The second kappa shape index (κ2) is 5.46. The number of aromatic hydroxyl groups is 1. The van der Waals surface area contributed by atoms with Crippen molar-refractivity contribution in [2.24, 2.45) is 0 Å². The van der Waals surface area contributed by atoms with Crippen LogP contribution in [0.4, 0.5) is 0 Å². The lowest BCUT2D eigenvalue weighted by atomic mass is 10.1. The number of rotatable bonds is 3. The number of nitrogens with one attached hydrogen (secondary N) is 1. The lowest BCUT2D eigenvalue weighted by molar-refractivity contribution is 0.451. The second-order valence-electron chi connectivity index (χ2n) is 3.62. The highest BCUT2D eigenvalue weighted by molar-refractivity contribution is 7.97. The molecule has 4 nitrogen and oxygen atoms in total. The molecule has 0 aliphatic carbocycles. The van der Waals surface area contributed by atoms with E-state index in [0.717, 1.165) is 0 Å². The SMILES string of the molecule is CSCc1nc(O)c(-c2ccccc2Cl)c(=O)[nH]1. The van der Waals surface area contributed by atoms with Gasteiger partial charge in [-0.25, -0.2) is 0 Å². The second-order valence-corrected chi connectivity index (χ2v) is 4.90. The van der Waals surface area contributed by atoms with E-state index in [9.17, 15) is 9.90 Å². The standard InChI is InChI=1S/C12H11ClN2O2S/c1-18-6-9-14-11(16)10(12(17)15-9)7-4-2-3-5-8(7)13/h2-5H,6H2,1H3,(H2,14,15,16,17). The molecule has 0 spiro atoms. The van der Waals surface area contributed by atoms with E-state index < -0.39 is 0 Å². The zero-order valence-electron chi connectivity index (χ0n) is 9.61. The van der Waals surface area contributed by atoms with Gasteiger partial charge in [0.2, 0.25) is 5.88 Å². The summed E-state index contributed by atoms with van der Waals surface area (Å²) in [6, 6.07) is 6.83. The van der Waals surface area contributed by atoms with Crippen LogP contribution >= 0.6 is 23.4 Å². The summed E-state index contributed by atoms with van der Waals surface area (Å²) in [7, 11) is 0. The zero-order chi connectivity index (χ0) is 13.1. The van der Waals surface area contributed by atoms with Crippen LogP contribution in [0, 0.1) is 0 Å². The van der Waals surface area contributed by atoms with Crippen LogP contribution in [-0.4, -0.2) is 21.3 Å². The Morgan fingerprint density at radius 3 is 2.78 bits per heavy atom. The van der Waals surface area contributed by atoms with Gasteiger partial charge in [0.25, 0.3) is 5.56 Å². The molecule has 1 aromatic heterocycles. The van der Waals surface area contributed by atoms with Gasteiger partial charge in [-0.05, 0) is 12.3 Å². The highest BCUT2D eigenvalue weighted by atomic mass is 35.5. The Kier molecular flexibility index (Phi) is 3.93. The van der Waals surface area contributed by atoms with E-state index in [1.54, 1.807) is 24.3 Å². The molecular formula is C12H11ClN2O2S. The fourth-order valence-corrected chi connectivity index (χ4v) is 2.26. The van der Waals surface area contributed by atoms with Crippen molar-refractivity contribution in [1.29, 1.82) is 0 Å². The summed E-state index contributed by atoms with van der Waals surface area (Å²) in [5, 5.41) is 10.3. The highest BCUT2D eigenvalue weighted by Gasteiger charge is 2.15. The van der Waals surface area contributed by atoms with Crippen molar-refractivity contribution in [3.8, 4) is 17.0 Å². The summed E-state index contributed by atoms with van der Waals surface area (Å²) in [6.07, 6.45) is 1.89. The fourth-order valence-electron chi connectivity index (χ4n) is 1.62. The van der Waals surface area contributed by atoms with Crippen molar-refractivity contribution in [3.63, 3.8) is 0 Å². The molecule has 0 atom stereocenters. The van der Waals surface area contributed by atoms with Gasteiger partial charge in [-0.2, -0.15) is 16.7 Å². The van der Waals surface area contributed by atoms with Crippen molar-refractivity contribution in [2.45, 2.75) is 5.75 Å². The lowest BCUT2D eigenvalue weighted by Crippen LogP contribution is -2.13. The molecule has 94 valence electrons. The van der Waals surface area contributed by atoms with Crippen LogP contribution < -0.4 is 5.56 Å². The van der Waals surface area contributed by atoms with Crippen LogP contribution in [0.5, 0.6) is 5.88 Å². The number of aromatic amines is 1. The van der Waals surface area contributed by atoms with Crippen LogP contribution in [0.3, 0.4) is 0 Å². The van der Waals surface area contributed by atoms with Gasteiger partial charge in [-0.3, -0.25) is 4.79 Å². The molecule has 1 aromatic carbocycles. The van der Waals surface area contributed by atoms with Gasteiger partial charge in [-0.15, -0.1) is 0 Å². The Bertz CT molecular complexity index is 628. The fraction of sp³-hybridized carbons (Fsp3) is 0.167. The van der Waals surface area contributed by atoms with Crippen LogP contribution in [-0.2, 0) is 5.75 Å². The lowest BCUT2D eigenvalue weighted by Gasteiger charge is -2.06. The molecule has 0 aliphatic rings. The Balaban J connectivity index is 2.60. The smallest absolute Gasteiger partial charge is 0.262 e. The molecule has 2 rings (SSSR count). The van der Waals surface area contributed by atoms with E-state index in [1.807, 2.05) is 6.26 Å². The normalized spacial score (nSPS) is 10.6. The predicted molar refractivity (Wildman–Crippen MR) is 74.2 cm³/mol. The van der Waals surface area contributed by atoms with Crippen molar-refractivity contribution in [1.82, 2.24) is 9.97 Å². The largest absolute Gasteiger partial charge is 0.493 e. The first-order valence-electron chi connectivity index (χ1n) is 5.19. The van der Waals surface area contributed by atoms with E-state index >= 15 is 0 Å². The summed E-state index contributed by atoms with van der Waals surface area (Å²) in [4.78, 5) is 18.6. The topological polar surface area (TPSA) is 66.0 Å². The number of halogens is 1. The van der Waals surface area contributed by atoms with Crippen LogP contribution in [0.1, 0.15) is 5.82 Å². The van der Waals surface area contributed by atoms with Crippen LogP contribution in [0.15, 0.2) is 29.1 Å². The molecule has 0 saturated carbocycles. The quantitative estimate of drug-likeness (QED) is 0.908. The summed E-state index contributed by atoms with van der Waals surface area (Å²) in [5.41, 5.74) is 0.186. The molecule has 0 aliphatic heterocycles. The number of H-pyrrole nitrogens is 1. The van der Waals surface area contributed by atoms with Crippen molar-refractivity contribution >= 4 is 23.4 Å². The van der Waals surface area contributed by atoms with Gasteiger partial charge in [0, 0.05) is 10.6 Å². The first-order chi connectivity index (χ1) is 8.63. The number of hydrogen-bond donors (Lipinski definition) is 2. The Morgan fingerprint density at radius 2 is 2.17 bits per heavy atom. The first kappa shape index (κ1) is 13.0. The third-order valence-electron chi connectivity index (χ3n) is 2.37. The maximum Gasteiger partial charge on any atom is 0.262 e. The average Bonchev–Trinajstić information content (AvgIpc) is 2.31.